The van der Waals surface area contributed by atoms with Crippen LogP contribution in [0.2, 0.25) is 0 Å². The van der Waals surface area contributed by atoms with Gasteiger partial charge in [-0.25, -0.2) is 4.79 Å². The maximum absolute atomic E-state index is 11.2. The van der Waals surface area contributed by atoms with Crippen LogP contribution in [-0.4, -0.2) is 24.7 Å². The molecule has 0 saturated heterocycles. The van der Waals surface area contributed by atoms with Crippen molar-refractivity contribution in [3.05, 3.63) is 17.0 Å². The molecule has 4 nitrogen and oxygen atoms in total. The Morgan fingerprint density at radius 3 is 2.94 bits per heavy atom. The molecule has 0 atom stereocenters. The van der Waals surface area contributed by atoms with Gasteiger partial charge >= 0.3 is 5.97 Å². The first-order chi connectivity index (χ1) is 7.67. The number of hydrogen-bond donors (Lipinski definition) is 2. The van der Waals surface area contributed by atoms with Crippen molar-refractivity contribution < 1.29 is 9.53 Å². The third-order valence-corrected chi connectivity index (χ3v) is 2.99. The highest BCUT2D eigenvalue weighted by Gasteiger charge is 2.09. The summed E-state index contributed by atoms with van der Waals surface area (Å²) >= 11 is 6.39. The SMILES string of the molecule is CCCNC(=S)Nc1ccc(C(=O)OC)s1. The van der Waals surface area contributed by atoms with Crippen LogP contribution in [0.4, 0.5) is 5.00 Å². The Morgan fingerprint density at radius 2 is 2.31 bits per heavy atom. The fourth-order valence-electron chi connectivity index (χ4n) is 1.01. The normalized spacial score (nSPS) is 9.62. The second kappa shape index (κ2) is 6.44. The fourth-order valence-corrected chi connectivity index (χ4v) is 2.12. The summed E-state index contributed by atoms with van der Waals surface area (Å²) in [6.07, 6.45) is 1.01. The van der Waals surface area contributed by atoms with E-state index < -0.39 is 0 Å². The van der Waals surface area contributed by atoms with Gasteiger partial charge in [-0.15, -0.1) is 11.3 Å². The zero-order valence-electron chi connectivity index (χ0n) is 9.20. The maximum atomic E-state index is 11.2. The molecule has 0 bridgehead atoms. The van der Waals surface area contributed by atoms with Gasteiger partial charge in [0.1, 0.15) is 4.88 Å². The first-order valence-corrected chi connectivity index (χ1v) is 6.12. The Balaban J connectivity index is 2.52. The van der Waals surface area contributed by atoms with Crippen molar-refractivity contribution in [2.45, 2.75) is 13.3 Å². The number of hydrogen-bond acceptors (Lipinski definition) is 4. The highest BCUT2D eigenvalue weighted by molar-refractivity contribution is 7.80. The summed E-state index contributed by atoms with van der Waals surface area (Å²) in [6.45, 7) is 2.90. The summed E-state index contributed by atoms with van der Waals surface area (Å²) in [4.78, 5) is 11.8. The van der Waals surface area contributed by atoms with E-state index in [0.717, 1.165) is 18.0 Å². The molecule has 0 fully saturated rings. The molecule has 0 amide bonds. The summed E-state index contributed by atoms with van der Waals surface area (Å²) in [5.41, 5.74) is 0. The number of carbonyl (C=O) groups is 1. The third-order valence-electron chi connectivity index (χ3n) is 1.76. The molecule has 0 aromatic carbocycles. The highest BCUT2D eigenvalue weighted by atomic mass is 32.1. The quantitative estimate of drug-likeness (QED) is 0.640. The van der Waals surface area contributed by atoms with Gasteiger partial charge in [-0.1, -0.05) is 6.92 Å². The van der Waals surface area contributed by atoms with Crippen LogP contribution < -0.4 is 10.6 Å². The van der Waals surface area contributed by atoms with Crippen LogP contribution in [0.15, 0.2) is 12.1 Å². The number of esters is 1. The van der Waals surface area contributed by atoms with Gasteiger partial charge in [-0.05, 0) is 30.8 Å². The second-order valence-electron chi connectivity index (χ2n) is 3.04. The number of methoxy groups -OCH3 is 1. The number of anilines is 1. The largest absolute Gasteiger partial charge is 0.465 e. The molecule has 2 N–H and O–H groups in total. The molecular formula is C10H14N2O2S2. The summed E-state index contributed by atoms with van der Waals surface area (Å²) in [5, 5.41) is 7.45. The standard InChI is InChI=1S/C10H14N2O2S2/c1-3-6-11-10(15)12-8-5-4-7(16-8)9(13)14-2/h4-5H,3,6H2,1-2H3,(H2,11,12,15). The predicted octanol–water partition coefficient (Wildman–Crippen LogP) is 2.23. The van der Waals surface area contributed by atoms with Crippen molar-refractivity contribution >= 4 is 39.6 Å². The van der Waals surface area contributed by atoms with Crippen LogP contribution in [-0.2, 0) is 4.74 Å². The van der Waals surface area contributed by atoms with Crippen LogP contribution >= 0.6 is 23.6 Å². The zero-order chi connectivity index (χ0) is 12.0. The molecule has 6 heteroatoms. The number of carbonyl (C=O) groups excluding carboxylic acids is 1. The van der Waals surface area contributed by atoms with Crippen molar-refractivity contribution in [1.82, 2.24) is 5.32 Å². The lowest BCUT2D eigenvalue weighted by atomic mass is 10.5. The molecule has 1 aromatic rings. The lowest BCUT2D eigenvalue weighted by Crippen LogP contribution is -2.28. The monoisotopic (exact) mass is 258 g/mol. The van der Waals surface area contributed by atoms with E-state index in [0.29, 0.717) is 9.99 Å². The summed E-state index contributed by atoms with van der Waals surface area (Å²) < 4.78 is 4.61. The summed E-state index contributed by atoms with van der Waals surface area (Å²) in [6, 6.07) is 3.51. The van der Waals surface area contributed by atoms with Crippen LogP contribution in [0.25, 0.3) is 0 Å². The van der Waals surface area contributed by atoms with Gasteiger partial charge in [0.15, 0.2) is 5.11 Å². The van der Waals surface area contributed by atoms with Gasteiger partial charge in [0.05, 0.1) is 12.1 Å². The van der Waals surface area contributed by atoms with Crippen molar-refractivity contribution in [3.8, 4) is 0 Å². The van der Waals surface area contributed by atoms with E-state index in [1.54, 1.807) is 12.1 Å². The Labute approximate surface area is 104 Å². The number of ether oxygens (including phenoxy) is 1. The Morgan fingerprint density at radius 1 is 1.56 bits per heavy atom. The fraction of sp³-hybridized carbons (Fsp3) is 0.400. The van der Waals surface area contributed by atoms with E-state index in [2.05, 4.69) is 22.3 Å². The van der Waals surface area contributed by atoms with E-state index in [4.69, 9.17) is 12.2 Å². The van der Waals surface area contributed by atoms with Crippen molar-refractivity contribution in [1.29, 1.82) is 0 Å². The van der Waals surface area contributed by atoms with Gasteiger partial charge in [0.2, 0.25) is 0 Å². The number of nitrogens with one attached hydrogen (secondary N) is 2. The zero-order valence-corrected chi connectivity index (χ0v) is 10.8. The van der Waals surface area contributed by atoms with Gasteiger partial charge in [0, 0.05) is 6.54 Å². The molecule has 0 radical (unpaired) electrons. The first kappa shape index (κ1) is 12.9. The Hall–Kier alpha value is -1.14. The second-order valence-corrected chi connectivity index (χ2v) is 4.53. The van der Waals surface area contributed by atoms with E-state index in [1.165, 1.54) is 18.4 Å². The molecule has 0 aliphatic carbocycles. The van der Waals surface area contributed by atoms with E-state index >= 15 is 0 Å². The summed E-state index contributed by atoms with van der Waals surface area (Å²) in [7, 11) is 1.36. The molecule has 0 unspecified atom stereocenters. The molecule has 0 aliphatic heterocycles. The smallest absolute Gasteiger partial charge is 0.348 e. The minimum atomic E-state index is -0.328. The Kier molecular flexibility index (Phi) is 5.21. The van der Waals surface area contributed by atoms with E-state index in [-0.39, 0.29) is 5.97 Å². The highest BCUT2D eigenvalue weighted by Crippen LogP contribution is 2.22. The molecule has 0 spiro atoms. The average Bonchev–Trinajstić information content (AvgIpc) is 2.73. The number of thiophene rings is 1. The molecule has 1 heterocycles. The first-order valence-electron chi connectivity index (χ1n) is 4.90. The van der Waals surface area contributed by atoms with Gasteiger partial charge in [-0.2, -0.15) is 0 Å². The molecule has 88 valence electrons. The number of thiocarbonyl (C=S) groups is 1. The lowest BCUT2D eigenvalue weighted by molar-refractivity contribution is 0.0606. The minimum absolute atomic E-state index is 0.328. The van der Waals surface area contributed by atoms with E-state index in [9.17, 15) is 4.79 Å². The lowest BCUT2D eigenvalue weighted by Gasteiger charge is -2.06. The van der Waals surface area contributed by atoms with Crippen molar-refractivity contribution in [2.75, 3.05) is 19.0 Å². The van der Waals surface area contributed by atoms with Crippen LogP contribution in [0.3, 0.4) is 0 Å². The maximum Gasteiger partial charge on any atom is 0.348 e. The van der Waals surface area contributed by atoms with E-state index in [1.807, 2.05) is 0 Å². The average molecular weight is 258 g/mol. The Bertz CT molecular complexity index is 377. The van der Waals surface area contributed by atoms with Gasteiger partial charge in [-0.3, -0.25) is 0 Å². The van der Waals surface area contributed by atoms with Gasteiger partial charge in [0.25, 0.3) is 0 Å². The van der Waals surface area contributed by atoms with Crippen LogP contribution in [0, 0.1) is 0 Å². The minimum Gasteiger partial charge on any atom is -0.465 e. The van der Waals surface area contributed by atoms with Crippen molar-refractivity contribution in [3.63, 3.8) is 0 Å². The third kappa shape index (κ3) is 3.79. The van der Waals surface area contributed by atoms with Crippen LogP contribution in [0.5, 0.6) is 0 Å². The molecule has 0 aliphatic rings. The van der Waals surface area contributed by atoms with Crippen LogP contribution in [0.1, 0.15) is 23.0 Å². The topological polar surface area (TPSA) is 50.4 Å². The molecule has 16 heavy (non-hydrogen) atoms. The molecule has 1 aromatic heterocycles. The number of rotatable bonds is 4. The summed E-state index contributed by atoms with van der Waals surface area (Å²) in [5.74, 6) is -0.328. The van der Waals surface area contributed by atoms with Gasteiger partial charge < -0.3 is 15.4 Å². The van der Waals surface area contributed by atoms with Crippen molar-refractivity contribution in [2.24, 2.45) is 0 Å². The predicted molar refractivity (Wildman–Crippen MR) is 70.2 cm³/mol. The molecule has 0 saturated carbocycles. The molecular weight excluding hydrogens is 244 g/mol. The molecule has 1 rings (SSSR count).